The van der Waals surface area contributed by atoms with E-state index in [0.717, 1.165) is 22.6 Å². The largest absolute Gasteiger partial charge is 0.374 e. The predicted octanol–water partition coefficient (Wildman–Crippen LogP) is 2.99. The SMILES string of the molecule is CCCc1ccc(-c2cn3nc(N)sc3n2)cc1. The minimum atomic E-state index is 0.544. The van der Waals surface area contributed by atoms with Gasteiger partial charge in [0.25, 0.3) is 0 Å². The standard InChI is InChI=1S/C13H14N4S/c1-2-3-9-4-6-10(7-5-9)11-8-17-13(15-11)18-12(14)16-17/h4-8H,2-3H2,1H3,(H2,14,16). The molecule has 18 heavy (non-hydrogen) atoms. The molecule has 4 nitrogen and oxygen atoms in total. The van der Waals surface area contributed by atoms with Gasteiger partial charge in [-0.1, -0.05) is 48.9 Å². The number of nitrogens with zero attached hydrogens (tertiary/aromatic N) is 3. The summed E-state index contributed by atoms with van der Waals surface area (Å²) in [6, 6.07) is 8.55. The number of hydrogen-bond acceptors (Lipinski definition) is 4. The molecule has 0 bridgehead atoms. The molecule has 3 rings (SSSR count). The van der Waals surface area contributed by atoms with Gasteiger partial charge in [-0.15, -0.1) is 5.10 Å². The predicted molar refractivity (Wildman–Crippen MR) is 74.7 cm³/mol. The van der Waals surface area contributed by atoms with Crippen molar-refractivity contribution in [1.82, 2.24) is 14.6 Å². The molecule has 3 aromatic rings. The lowest BCUT2D eigenvalue weighted by Gasteiger charge is -2.00. The van der Waals surface area contributed by atoms with Crippen LogP contribution in [0.15, 0.2) is 30.5 Å². The highest BCUT2D eigenvalue weighted by molar-refractivity contribution is 7.20. The average molecular weight is 258 g/mol. The van der Waals surface area contributed by atoms with Gasteiger partial charge >= 0.3 is 0 Å². The summed E-state index contributed by atoms with van der Waals surface area (Å²) in [7, 11) is 0. The molecule has 0 spiro atoms. The van der Waals surface area contributed by atoms with Crippen molar-refractivity contribution in [3.63, 3.8) is 0 Å². The number of imidazole rings is 1. The Morgan fingerprint density at radius 2 is 2.06 bits per heavy atom. The van der Waals surface area contributed by atoms with Crippen LogP contribution >= 0.6 is 11.3 Å². The van der Waals surface area contributed by atoms with Gasteiger partial charge in [0.05, 0.1) is 11.9 Å². The van der Waals surface area contributed by atoms with Gasteiger partial charge in [-0.3, -0.25) is 0 Å². The van der Waals surface area contributed by atoms with Gasteiger partial charge in [0, 0.05) is 5.56 Å². The molecule has 0 radical (unpaired) electrons. The number of fused-ring (bicyclic) bond motifs is 1. The van der Waals surface area contributed by atoms with Crippen LogP contribution in [0, 0.1) is 0 Å². The molecule has 0 atom stereocenters. The molecular weight excluding hydrogens is 244 g/mol. The summed E-state index contributed by atoms with van der Waals surface area (Å²) in [5.41, 5.74) is 9.05. The van der Waals surface area contributed by atoms with E-state index in [2.05, 4.69) is 41.3 Å². The van der Waals surface area contributed by atoms with Crippen LogP contribution in [0.5, 0.6) is 0 Å². The molecule has 2 N–H and O–H groups in total. The molecule has 0 aliphatic rings. The van der Waals surface area contributed by atoms with E-state index in [1.807, 2.05) is 6.20 Å². The van der Waals surface area contributed by atoms with Gasteiger partial charge in [0.2, 0.25) is 10.1 Å². The van der Waals surface area contributed by atoms with Crippen molar-refractivity contribution in [2.45, 2.75) is 19.8 Å². The summed E-state index contributed by atoms with van der Waals surface area (Å²) >= 11 is 1.40. The van der Waals surface area contributed by atoms with E-state index in [1.54, 1.807) is 4.52 Å². The topological polar surface area (TPSA) is 56.2 Å². The maximum Gasteiger partial charge on any atom is 0.214 e. The van der Waals surface area contributed by atoms with Crippen LogP contribution in [0.1, 0.15) is 18.9 Å². The molecule has 0 fully saturated rings. The van der Waals surface area contributed by atoms with Crippen molar-refractivity contribution in [1.29, 1.82) is 0 Å². The highest BCUT2D eigenvalue weighted by Crippen LogP contribution is 2.23. The van der Waals surface area contributed by atoms with Crippen molar-refractivity contribution in [3.8, 4) is 11.3 Å². The minimum Gasteiger partial charge on any atom is -0.374 e. The molecule has 0 aliphatic heterocycles. The lowest BCUT2D eigenvalue weighted by Crippen LogP contribution is -1.86. The van der Waals surface area contributed by atoms with Crippen molar-refractivity contribution in [2.75, 3.05) is 5.73 Å². The molecule has 0 saturated heterocycles. The Morgan fingerprint density at radius 1 is 1.28 bits per heavy atom. The van der Waals surface area contributed by atoms with Gasteiger partial charge in [0.15, 0.2) is 0 Å². The number of benzene rings is 1. The number of hydrogen-bond donors (Lipinski definition) is 1. The zero-order chi connectivity index (χ0) is 12.5. The maximum absolute atomic E-state index is 5.62. The summed E-state index contributed by atoms with van der Waals surface area (Å²) in [6.07, 6.45) is 4.20. The maximum atomic E-state index is 5.62. The number of aromatic nitrogens is 3. The first-order chi connectivity index (χ1) is 8.76. The Morgan fingerprint density at radius 3 is 2.72 bits per heavy atom. The fourth-order valence-electron chi connectivity index (χ4n) is 1.99. The number of rotatable bonds is 3. The summed E-state index contributed by atoms with van der Waals surface area (Å²) in [4.78, 5) is 5.35. The Balaban J connectivity index is 1.95. The third-order valence-electron chi connectivity index (χ3n) is 2.85. The number of aryl methyl sites for hydroxylation is 1. The van der Waals surface area contributed by atoms with Crippen molar-refractivity contribution < 1.29 is 0 Å². The van der Waals surface area contributed by atoms with Crippen molar-refractivity contribution in [2.24, 2.45) is 0 Å². The fraction of sp³-hybridized carbons (Fsp3) is 0.231. The number of nitrogens with two attached hydrogens (primary N) is 1. The van der Waals surface area contributed by atoms with Crippen LogP contribution < -0.4 is 5.73 Å². The van der Waals surface area contributed by atoms with Gasteiger partial charge in [-0.2, -0.15) is 0 Å². The molecular formula is C13H14N4S. The first-order valence-electron chi connectivity index (χ1n) is 5.97. The van der Waals surface area contributed by atoms with E-state index in [9.17, 15) is 0 Å². The lowest BCUT2D eigenvalue weighted by molar-refractivity contribution is 0.922. The Hall–Kier alpha value is -1.88. The Bertz CT molecular complexity index is 634. The van der Waals surface area contributed by atoms with Crippen LogP contribution in [-0.4, -0.2) is 14.6 Å². The van der Waals surface area contributed by atoms with Crippen LogP contribution in [-0.2, 0) is 6.42 Å². The highest BCUT2D eigenvalue weighted by Gasteiger charge is 2.07. The number of nitrogen functional groups attached to an aromatic ring is 1. The van der Waals surface area contributed by atoms with E-state index in [4.69, 9.17) is 5.73 Å². The van der Waals surface area contributed by atoms with Crippen molar-refractivity contribution >= 4 is 21.4 Å². The molecule has 2 aromatic heterocycles. The zero-order valence-electron chi connectivity index (χ0n) is 10.1. The average Bonchev–Trinajstić information content (AvgIpc) is 2.87. The number of anilines is 1. The second kappa shape index (κ2) is 4.42. The van der Waals surface area contributed by atoms with Crippen LogP contribution in [0.4, 0.5) is 5.13 Å². The Kier molecular flexibility index (Phi) is 2.76. The normalized spacial score (nSPS) is 11.2. The molecule has 0 unspecified atom stereocenters. The van der Waals surface area contributed by atoms with Gasteiger partial charge in [-0.05, 0) is 12.0 Å². The van der Waals surface area contributed by atoms with E-state index in [1.165, 1.54) is 23.3 Å². The molecule has 0 saturated carbocycles. The first-order valence-corrected chi connectivity index (χ1v) is 6.79. The third kappa shape index (κ3) is 1.97. The second-order valence-electron chi connectivity index (χ2n) is 4.24. The van der Waals surface area contributed by atoms with Gasteiger partial charge < -0.3 is 5.73 Å². The first kappa shape index (κ1) is 11.2. The summed E-state index contributed by atoms with van der Waals surface area (Å²) in [5.74, 6) is 0. The molecule has 5 heteroatoms. The molecule has 0 amide bonds. The highest BCUT2D eigenvalue weighted by atomic mass is 32.1. The van der Waals surface area contributed by atoms with E-state index in [0.29, 0.717) is 5.13 Å². The van der Waals surface area contributed by atoms with Gasteiger partial charge in [-0.25, -0.2) is 9.50 Å². The summed E-state index contributed by atoms with van der Waals surface area (Å²) in [6.45, 7) is 2.19. The van der Waals surface area contributed by atoms with Crippen LogP contribution in [0.25, 0.3) is 16.2 Å². The zero-order valence-corrected chi connectivity index (χ0v) is 10.9. The second-order valence-corrected chi connectivity index (χ2v) is 5.23. The lowest BCUT2D eigenvalue weighted by atomic mass is 10.1. The van der Waals surface area contributed by atoms with Crippen LogP contribution in [0.2, 0.25) is 0 Å². The molecule has 1 aromatic carbocycles. The summed E-state index contributed by atoms with van der Waals surface area (Å²) in [5, 5.41) is 4.70. The third-order valence-corrected chi connectivity index (χ3v) is 3.60. The van der Waals surface area contributed by atoms with Gasteiger partial charge in [0.1, 0.15) is 0 Å². The monoisotopic (exact) mass is 258 g/mol. The fourth-order valence-corrected chi connectivity index (χ4v) is 2.63. The van der Waals surface area contributed by atoms with Crippen LogP contribution in [0.3, 0.4) is 0 Å². The van der Waals surface area contributed by atoms with E-state index < -0.39 is 0 Å². The molecule has 92 valence electrons. The quantitative estimate of drug-likeness (QED) is 0.785. The Labute approximate surface area is 109 Å². The van der Waals surface area contributed by atoms with E-state index in [-0.39, 0.29) is 0 Å². The molecule has 2 heterocycles. The van der Waals surface area contributed by atoms with Crippen molar-refractivity contribution in [3.05, 3.63) is 36.0 Å². The smallest absolute Gasteiger partial charge is 0.214 e. The molecule has 0 aliphatic carbocycles. The minimum absolute atomic E-state index is 0.544. The summed E-state index contributed by atoms with van der Waals surface area (Å²) < 4.78 is 1.73. The van der Waals surface area contributed by atoms with E-state index >= 15 is 0 Å².